The molecule has 0 bridgehead atoms. The van der Waals surface area contributed by atoms with Crippen LogP contribution in [0.2, 0.25) is 16.6 Å². The number of hydrogen-bond donors (Lipinski definition) is 2. The van der Waals surface area contributed by atoms with Crippen LogP contribution in [0.5, 0.6) is 0 Å². The molecule has 0 aromatic carbocycles. The van der Waals surface area contributed by atoms with Gasteiger partial charge in [0.15, 0.2) is 0 Å². The summed E-state index contributed by atoms with van der Waals surface area (Å²) in [4.78, 5) is 0. The Morgan fingerprint density at radius 1 is 0.882 bits per heavy atom. The first-order valence-corrected chi connectivity index (χ1v) is 9.04. The summed E-state index contributed by atoms with van der Waals surface area (Å²) < 4.78 is 6.55. The van der Waals surface area contributed by atoms with Gasteiger partial charge < -0.3 is 15.9 Å². The van der Waals surface area contributed by atoms with Crippen molar-refractivity contribution < 1.29 is 4.43 Å². The van der Waals surface area contributed by atoms with E-state index < -0.39 is 8.32 Å². The second-order valence-corrected chi connectivity index (χ2v) is 11.3. The van der Waals surface area contributed by atoms with Crippen molar-refractivity contribution >= 4 is 8.32 Å². The Hall–Kier alpha value is 0.0969. The zero-order valence-electron chi connectivity index (χ0n) is 12.5. The van der Waals surface area contributed by atoms with Gasteiger partial charge in [-0.2, -0.15) is 0 Å². The lowest BCUT2D eigenvalue weighted by molar-refractivity contribution is 0.173. The van der Waals surface area contributed by atoms with Crippen molar-refractivity contribution in [3.8, 4) is 0 Å². The Bertz CT molecular complexity index is 186. The summed E-state index contributed by atoms with van der Waals surface area (Å²) in [5.74, 6) is 0. The molecule has 0 saturated heterocycles. The molecule has 4 N–H and O–H groups in total. The topological polar surface area (TPSA) is 61.3 Å². The van der Waals surface area contributed by atoms with Crippen LogP contribution in [0.3, 0.4) is 0 Å². The fraction of sp³-hybridized carbons (Fsp3) is 1.00. The fourth-order valence-corrected chi connectivity index (χ4v) is 8.72. The maximum atomic E-state index is 6.55. The lowest BCUT2D eigenvalue weighted by Gasteiger charge is -2.44. The molecule has 0 aliphatic rings. The zero-order valence-corrected chi connectivity index (χ0v) is 13.5. The second-order valence-electron chi connectivity index (χ2n) is 5.87. The van der Waals surface area contributed by atoms with Gasteiger partial charge in [-0.05, 0) is 29.6 Å². The van der Waals surface area contributed by atoms with E-state index >= 15 is 0 Å². The van der Waals surface area contributed by atoms with Crippen LogP contribution in [-0.4, -0.2) is 27.5 Å². The highest BCUT2D eigenvalue weighted by atomic mass is 28.4. The average molecular weight is 260 g/mol. The van der Waals surface area contributed by atoms with Gasteiger partial charge in [0.05, 0.1) is 6.10 Å². The molecule has 4 heteroatoms. The van der Waals surface area contributed by atoms with E-state index in [1.165, 1.54) is 0 Å². The largest absolute Gasteiger partial charge is 0.412 e. The van der Waals surface area contributed by atoms with Crippen LogP contribution in [-0.2, 0) is 4.43 Å². The molecule has 17 heavy (non-hydrogen) atoms. The van der Waals surface area contributed by atoms with Crippen molar-refractivity contribution in [1.29, 1.82) is 0 Å². The summed E-state index contributed by atoms with van der Waals surface area (Å²) in [6.07, 6.45) is 1.01. The molecule has 1 atom stereocenters. The third-order valence-electron chi connectivity index (χ3n) is 3.83. The monoisotopic (exact) mass is 260 g/mol. The smallest absolute Gasteiger partial charge is 0.200 e. The molecule has 0 rings (SSSR count). The molecule has 0 spiro atoms. The summed E-state index contributed by atoms with van der Waals surface area (Å²) in [6, 6.07) is 0. The SMILES string of the molecule is CC(C)[Si](O[C@H](CN)CCN)(C(C)C)C(C)C. The molecular weight excluding hydrogens is 228 g/mol. The molecule has 3 nitrogen and oxygen atoms in total. The van der Waals surface area contributed by atoms with Gasteiger partial charge in [0.1, 0.15) is 0 Å². The lowest BCUT2D eigenvalue weighted by atomic mass is 10.3. The fourth-order valence-electron chi connectivity index (χ4n) is 3.11. The Balaban J connectivity index is 5.02. The van der Waals surface area contributed by atoms with E-state index in [2.05, 4.69) is 41.5 Å². The molecule has 0 aliphatic carbocycles. The Morgan fingerprint density at radius 2 is 1.29 bits per heavy atom. The van der Waals surface area contributed by atoms with E-state index in [4.69, 9.17) is 15.9 Å². The first kappa shape index (κ1) is 17.1. The van der Waals surface area contributed by atoms with Crippen molar-refractivity contribution in [2.45, 2.75) is 70.7 Å². The van der Waals surface area contributed by atoms with Crippen LogP contribution in [0.4, 0.5) is 0 Å². The van der Waals surface area contributed by atoms with Crippen LogP contribution in [0.25, 0.3) is 0 Å². The Labute approximate surface area is 108 Å². The van der Waals surface area contributed by atoms with Crippen LogP contribution in [0, 0.1) is 0 Å². The van der Waals surface area contributed by atoms with Crippen molar-refractivity contribution in [3.63, 3.8) is 0 Å². The summed E-state index contributed by atoms with van der Waals surface area (Å²) in [7, 11) is -1.78. The van der Waals surface area contributed by atoms with Gasteiger partial charge in [0.25, 0.3) is 0 Å². The first-order chi connectivity index (χ1) is 7.82. The maximum Gasteiger partial charge on any atom is 0.200 e. The number of hydrogen-bond acceptors (Lipinski definition) is 3. The molecule has 0 amide bonds. The highest BCUT2D eigenvalue weighted by Gasteiger charge is 2.46. The second kappa shape index (κ2) is 7.51. The van der Waals surface area contributed by atoms with Gasteiger partial charge in [-0.1, -0.05) is 41.5 Å². The van der Waals surface area contributed by atoms with Crippen LogP contribution in [0.1, 0.15) is 48.0 Å². The Morgan fingerprint density at radius 3 is 1.53 bits per heavy atom. The minimum atomic E-state index is -1.78. The van der Waals surface area contributed by atoms with Crippen LogP contribution >= 0.6 is 0 Å². The zero-order chi connectivity index (χ0) is 13.6. The van der Waals surface area contributed by atoms with E-state index in [1.807, 2.05) is 0 Å². The summed E-state index contributed by atoms with van der Waals surface area (Å²) in [5.41, 5.74) is 13.3. The molecule has 0 aromatic rings. The summed E-state index contributed by atoms with van der Waals surface area (Å²) in [6.45, 7) is 15.0. The van der Waals surface area contributed by atoms with E-state index in [1.54, 1.807) is 0 Å². The molecule has 0 radical (unpaired) electrons. The number of rotatable bonds is 8. The average Bonchev–Trinajstić information content (AvgIpc) is 2.22. The standard InChI is InChI=1S/C13H32N2OSi/c1-10(2)17(11(3)4,12(5)6)16-13(9-15)7-8-14/h10-13H,7-9,14-15H2,1-6H3/t13-/m0/s1. The predicted octanol–water partition coefficient (Wildman–Crippen LogP) is 2.85. The van der Waals surface area contributed by atoms with Gasteiger partial charge in [-0.15, -0.1) is 0 Å². The van der Waals surface area contributed by atoms with Gasteiger partial charge in [-0.3, -0.25) is 0 Å². The molecular formula is C13H32N2OSi. The van der Waals surface area contributed by atoms with E-state index in [-0.39, 0.29) is 6.10 Å². The van der Waals surface area contributed by atoms with E-state index in [9.17, 15) is 0 Å². The lowest BCUT2D eigenvalue weighted by Crippen LogP contribution is -2.51. The third kappa shape index (κ3) is 4.05. The minimum absolute atomic E-state index is 0.138. The predicted molar refractivity (Wildman–Crippen MR) is 78.6 cm³/mol. The summed E-state index contributed by atoms with van der Waals surface area (Å²) >= 11 is 0. The molecule has 0 unspecified atom stereocenters. The van der Waals surface area contributed by atoms with Gasteiger partial charge in [-0.25, -0.2) is 0 Å². The van der Waals surface area contributed by atoms with Crippen molar-refractivity contribution in [1.82, 2.24) is 0 Å². The molecule has 0 aliphatic heterocycles. The molecule has 0 saturated carbocycles. The summed E-state index contributed by atoms with van der Waals surface area (Å²) in [5, 5.41) is 0. The number of nitrogens with two attached hydrogens (primary N) is 2. The van der Waals surface area contributed by atoms with Gasteiger partial charge in [0, 0.05) is 6.54 Å². The Kier molecular flexibility index (Phi) is 7.56. The quantitative estimate of drug-likeness (QED) is 0.660. The third-order valence-corrected chi connectivity index (χ3v) is 9.99. The van der Waals surface area contributed by atoms with Crippen LogP contribution < -0.4 is 11.5 Å². The normalized spacial score (nSPS) is 15.0. The molecule has 0 fully saturated rings. The van der Waals surface area contributed by atoms with Gasteiger partial charge >= 0.3 is 0 Å². The minimum Gasteiger partial charge on any atom is -0.412 e. The van der Waals surface area contributed by atoms with Crippen molar-refractivity contribution in [2.24, 2.45) is 11.5 Å². The van der Waals surface area contributed by atoms with Crippen molar-refractivity contribution in [3.05, 3.63) is 0 Å². The molecule has 0 heterocycles. The molecule has 104 valence electrons. The van der Waals surface area contributed by atoms with E-state index in [0.717, 1.165) is 6.42 Å². The van der Waals surface area contributed by atoms with Gasteiger partial charge in [0.2, 0.25) is 8.32 Å². The highest BCUT2D eigenvalue weighted by Crippen LogP contribution is 2.43. The highest BCUT2D eigenvalue weighted by molar-refractivity contribution is 6.77. The van der Waals surface area contributed by atoms with E-state index in [0.29, 0.717) is 29.7 Å². The molecule has 0 aromatic heterocycles. The first-order valence-electron chi connectivity index (χ1n) is 6.90. The van der Waals surface area contributed by atoms with Crippen LogP contribution in [0.15, 0.2) is 0 Å². The van der Waals surface area contributed by atoms with Crippen molar-refractivity contribution in [2.75, 3.05) is 13.1 Å². The maximum absolute atomic E-state index is 6.55.